The van der Waals surface area contributed by atoms with Crippen LogP contribution in [0.5, 0.6) is 0 Å². The smallest absolute Gasteiger partial charge is 0.371 e. The molecule has 0 radical (unpaired) electrons. The third-order valence-electron chi connectivity index (χ3n) is 1.20. The zero-order valence-corrected chi connectivity index (χ0v) is 8.17. The molecule has 0 bridgehead atoms. The predicted molar refractivity (Wildman–Crippen MR) is 51.1 cm³/mol. The number of hydrogen-bond donors (Lipinski definition) is 1. The van der Waals surface area contributed by atoms with E-state index in [9.17, 15) is 4.79 Å². The van der Waals surface area contributed by atoms with Crippen molar-refractivity contribution in [2.75, 3.05) is 13.1 Å². The van der Waals surface area contributed by atoms with Gasteiger partial charge in [-0.2, -0.15) is 0 Å². The summed E-state index contributed by atoms with van der Waals surface area (Å²) in [7, 11) is 0. The van der Waals surface area contributed by atoms with Crippen LogP contribution in [0.4, 0.5) is 4.79 Å². The topological polar surface area (TPSA) is 40.5 Å². The number of thioether (sulfide) groups is 1. The van der Waals surface area contributed by atoms with Crippen molar-refractivity contribution in [1.82, 2.24) is 4.90 Å². The highest BCUT2D eigenvalue weighted by Gasteiger charge is 2.09. The Morgan fingerprint density at radius 1 is 1.55 bits per heavy atom. The van der Waals surface area contributed by atoms with Crippen LogP contribution in [0.15, 0.2) is 0 Å². The maximum absolute atomic E-state index is 10.2. The van der Waals surface area contributed by atoms with Gasteiger partial charge in [0.1, 0.15) is 4.32 Å². The number of carboxylic acid groups (broad SMARTS) is 1. The molecule has 0 aliphatic rings. The lowest BCUT2D eigenvalue weighted by Crippen LogP contribution is -2.27. The number of rotatable bonds is 2. The third kappa shape index (κ3) is 4.21. The predicted octanol–water partition coefficient (Wildman–Crippen LogP) is 2.02. The van der Waals surface area contributed by atoms with Crippen molar-refractivity contribution in [3.63, 3.8) is 0 Å². The first-order valence-corrected chi connectivity index (χ1v) is 4.54. The fourth-order valence-corrected chi connectivity index (χ4v) is 1.63. The quantitative estimate of drug-likeness (QED) is 0.679. The maximum atomic E-state index is 10.2. The Morgan fingerprint density at radius 2 is 2.00 bits per heavy atom. The van der Waals surface area contributed by atoms with Crippen LogP contribution < -0.4 is 0 Å². The molecule has 0 saturated carbocycles. The molecule has 0 rings (SSSR count). The lowest BCUT2D eigenvalue weighted by atomic mass is 10.6. The Labute approximate surface area is 75.8 Å². The maximum Gasteiger partial charge on any atom is 0.371 e. The Hall–Kier alpha value is -0.290. The fourth-order valence-electron chi connectivity index (χ4n) is 0.621. The Bertz CT molecular complexity index is 157. The molecule has 0 unspecified atom stereocenters. The van der Waals surface area contributed by atoms with Crippen molar-refractivity contribution in [1.29, 1.82) is 0 Å². The van der Waals surface area contributed by atoms with Crippen molar-refractivity contribution < 1.29 is 9.90 Å². The molecule has 0 aliphatic heterocycles. The summed E-state index contributed by atoms with van der Waals surface area (Å²) < 4.78 is 0.433. The highest BCUT2D eigenvalue weighted by Crippen LogP contribution is 2.09. The molecule has 0 spiro atoms. The monoisotopic (exact) mass is 193 g/mol. The van der Waals surface area contributed by atoms with Crippen LogP contribution in [0.2, 0.25) is 0 Å². The third-order valence-corrected chi connectivity index (χ3v) is 2.31. The summed E-state index contributed by atoms with van der Waals surface area (Å²) in [5, 5.41) is 7.43. The van der Waals surface area contributed by atoms with Gasteiger partial charge in [-0.15, -0.1) is 0 Å². The molecule has 0 amide bonds. The van der Waals surface area contributed by atoms with Gasteiger partial charge in [0.25, 0.3) is 0 Å². The Kier molecular flexibility index (Phi) is 5.23. The Balaban J connectivity index is 3.89. The van der Waals surface area contributed by atoms with E-state index in [0.29, 0.717) is 16.1 Å². The molecular formula is C6H11NO2S2. The summed E-state index contributed by atoms with van der Waals surface area (Å²) in [5.74, 6) is 0. The minimum atomic E-state index is -0.943. The van der Waals surface area contributed by atoms with Crippen LogP contribution in [-0.4, -0.2) is 32.7 Å². The van der Waals surface area contributed by atoms with Crippen LogP contribution in [0, 0.1) is 0 Å². The molecule has 1 N–H and O–H groups in total. The summed E-state index contributed by atoms with van der Waals surface area (Å²) in [5.41, 5.74) is 0. The first-order chi connectivity index (χ1) is 5.11. The molecule has 0 fully saturated rings. The zero-order chi connectivity index (χ0) is 8.85. The Morgan fingerprint density at radius 3 is 2.27 bits per heavy atom. The van der Waals surface area contributed by atoms with Gasteiger partial charge < -0.3 is 10.0 Å². The van der Waals surface area contributed by atoms with Gasteiger partial charge in [0.05, 0.1) is 0 Å². The van der Waals surface area contributed by atoms with E-state index in [4.69, 9.17) is 17.3 Å². The minimum absolute atomic E-state index is 0.433. The van der Waals surface area contributed by atoms with Gasteiger partial charge in [0, 0.05) is 24.9 Å². The number of thiocarbonyl (C=S) groups is 1. The molecule has 0 aromatic rings. The van der Waals surface area contributed by atoms with Crippen molar-refractivity contribution in [3.05, 3.63) is 0 Å². The van der Waals surface area contributed by atoms with E-state index in [1.165, 1.54) is 0 Å². The highest BCUT2D eigenvalue weighted by molar-refractivity contribution is 8.32. The van der Waals surface area contributed by atoms with E-state index in [1.54, 1.807) is 0 Å². The van der Waals surface area contributed by atoms with Crippen LogP contribution in [-0.2, 0) is 0 Å². The van der Waals surface area contributed by atoms with Gasteiger partial charge in [0.15, 0.2) is 0 Å². The molecule has 0 heterocycles. The molecule has 0 aliphatic carbocycles. The average Bonchev–Trinajstić information content (AvgIpc) is 1.88. The molecule has 3 nitrogen and oxygen atoms in total. The van der Waals surface area contributed by atoms with Crippen LogP contribution in [0.3, 0.4) is 0 Å². The molecule has 0 atom stereocenters. The molecule has 5 heteroatoms. The molecule has 0 aromatic heterocycles. The average molecular weight is 193 g/mol. The van der Waals surface area contributed by atoms with E-state index in [1.807, 2.05) is 18.7 Å². The van der Waals surface area contributed by atoms with Crippen LogP contribution in [0.25, 0.3) is 0 Å². The molecule has 0 saturated heterocycles. The number of nitrogens with zero attached hydrogens (tertiary/aromatic N) is 1. The van der Waals surface area contributed by atoms with E-state index < -0.39 is 5.30 Å². The lowest BCUT2D eigenvalue weighted by Gasteiger charge is -2.18. The van der Waals surface area contributed by atoms with Gasteiger partial charge in [-0.25, -0.2) is 4.79 Å². The van der Waals surface area contributed by atoms with Gasteiger partial charge in [-0.3, -0.25) is 0 Å². The van der Waals surface area contributed by atoms with Crippen molar-refractivity contribution >= 4 is 33.6 Å². The van der Waals surface area contributed by atoms with Crippen LogP contribution in [0.1, 0.15) is 13.8 Å². The highest BCUT2D eigenvalue weighted by atomic mass is 32.2. The summed E-state index contributed by atoms with van der Waals surface area (Å²) in [6.45, 7) is 5.40. The van der Waals surface area contributed by atoms with Gasteiger partial charge in [0.2, 0.25) is 0 Å². The lowest BCUT2D eigenvalue weighted by molar-refractivity contribution is 0.222. The standard InChI is InChI=1S/C6H11NO2S2/c1-3-7(4-2)5(10)11-6(8)9/h3-4H2,1-2H3,(H,8,9). The van der Waals surface area contributed by atoms with Gasteiger partial charge in [-0.1, -0.05) is 12.2 Å². The molecule has 11 heavy (non-hydrogen) atoms. The summed E-state index contributed by atoms with van der Waals surface area (Å²) in [6, 6.07) is 0. The van der Waals surface area contributed by atoms with Gasteiger partial charge in [-0.05, 0) is 13.8 Å². The van der Waals surface area contributed by atoms with Crippen LogP contribution >= 0.6 is 24.0 Å². The molecular weight excluding hydrogens is 182 g/mol. The normalized spacial score (nSPS) is 9.27. The van der Waals surface area contributed by atoms with E-state index in [-0.39, 0.29) is 0 Å². The summed E-state index contributed by atoms with van der Waals surface area (Å²) >= 11 is 5.54. The van der Waals surface area contributed by atoms with E-state index in [2.05, 4.69) is 0 Å². The summed E-state index contributed by atoms with van der Waals surface area (Å²) in [6.07, 6.45) is 0. The molecule has 64 valence electrons. The second kappa shape index (κ2) is 5.37. The first-order valence-electron chi connectivity index (χ1n) is 3.31. The van der Waals surface area contributed by atoms with Crippen molar-refractivity contribution in [2.24, 2.45) is 0 Å². The van der Waals surface area contributed by atoms with E-state index in [0.717, 1.165) is 13.1 Å². The zero-order valence-electron chi connectivity index (χ0n) is 6.53. The van der Waals surface area contributed by atoms with Crippen molar-refractivity contribution in [2.45, 2.75) is 13.8 Å². The largest absolute Gasteiger partial charge is 0.473 e. The second-order valence-corrected chi connectivity index (χ2v) is 3.39. The summed E-state index contributed by atoms with van der Waals surface area (Å²) in [4.78, 5) is 12.0. The number of carbonyl (C=O) groups is 1. The van der Waals surface area contributed by atoms with Gasteiger partial charge >= 0.3 is 5.30 Å². The molecule has 0 aromatic carbocycles. The SMILES string of the molecule is CCN(CC)C(=S)SC(=O)O. The van der Waals surface area contributed by atoms with E-state index >= 15 is 0 Å². The van der Waals surface area contributed by atoms with Crippen molar-refractivity contribution in [3.8, 4) is 0 Å². The first kappa shape index (κ1) is 10.7. The number of hydrogen-bond acceptors (Lipinski definition) is 3. The second-order valence-electron chi connectivity index (χ2n) is 1.81. The fraction of sp³-hybridized carbons (Fsp3) is 0.667. The minimum Gasteiger partial charge on any atom is -0.473 e.